The summed E-state index contributed by atoms with van der Waals surface area (Å²) in [6.07, 6.45) is 3.61. The van der Waals surface area contributed by atoms with Gasteiger partial charge in [-0.1, -0.05) is 77.0 Å². The summed E-state index contributed by atoms with van der Waals surface area (Å²) in [6, 6.07) is 0. The van der Waals surface area contributed by atoms with Crippen LogP contribution in [0.15, 0.2) is 0 Å². The van der Waals surface area contributed by atoms with E-state index in [1.807, 2.05) is 0 Å². The molecule has 0 aliphatic carbocycles. The summed E-state index contributed by atoms with van der Waals surface area (Å²) in [7, 11) is 0. The van der Waals surface area contributed by atoms with Gasteiger partial charge >= 0.3 is 0 Å². The molecule has 0 rings (SSSR count). The van der Waals surface area contributed by atoms with E-state index in [1.165, 1.54) is 51.4 Å². The first-order valence-corrected chi connectivity index (χ1v) is 15.0. The number of rotatable bonds is 29. The van der Waals surface area contributed by atoms with Crippen LogP contribution in [-0.2, 0) is 9.47 Å². The number of aliphatic hydroxyl groups excluding tert-OH is 10. The molecule has 0 aliphatic heterocycles. The van der Waals surface area contributed by atoms with Gasteiger partial charge in [-0.25, -0.2) is 0 Å². The highest BCUT2D eigenvalue weighted by Crippen LogP contribution is 2.14. The Kier molecular flexibility index (Phi) is 25.9. The zero-order chi connectivity index (χ0) is 30.2. The van der Waals surface area contributed by atoms with Gasteiger partial charge in [0.05, 0.1) is 26.4 Å². The van der Waals surface area contributed by atoms with E-state index in [4.69, 9.17) is 19.7 Å². The minimum absolute atomic E-state index is 0.145. The quantitative estimate of drug-likeness (QED) is 0.0494. The maximum absolute atomic E-state index is 9.77. The van der Waals surface area contributed by atoms with Crippen LogP contribution in [0.25, 0.3) is 0 Å². The number of aliphatic hydroxyl groups is 10. The maximum atomic E-state index is 9.77. The predicted molar refractivity (Wildman–Crippen MR) is 149 cm³/mol. The normalized spacial score (nSPS) is 18.1. The smallest absolute Gasteiger partial charge is 0.111 e. The van der Waals surface area contributed by atoms with E-state index in [9.17, 15) is 40.9 Å². The summed E-state index contributed by atoms with van der Waals surface area (Å²) in [5, 5.41) is 94.2. The highest BCUT2D eigenvalue weighted by atomic mass is 16.5. The molecule has 0 aromatic carbocycles. The summed E-state index contributed by atoms with van der Waals surface area (Å²) in [5.74, 6) is 0. The molecule has 0 aromatic rings. The van der Waals surface area contributed by atoms with Crippen LogP contribution in [0.5, 0.6) is 0 Å². The zero-order valence-corrected chi connectivity index (χ0v) is 24.0. The molecule has 10 N–H and O–H groups in total. The van der Waals surface area contributed by atoms with Crippen LogP contribution in [0.1, 0.15) is 89.9 Å². The second-order valence-corrected chi connectivity index (χ2v) is 10.7. The monoisotopic (exact) mass is 586 g/mol. The summed E-state index contributed by atoms with van der Waals surface area (Å²) in [5.41, 5.74) is 0. The average Bonchev–Trinajstić information content (AvgIpc) is 2.97. The van der Waals surface area contributed by atoms with Crippen molar-refractivity contribution in [1.29, 1.82) is 0 Å². The van der Waals surface area contributed by atoms with E-state index < -0.39 is 62.0 Å². The molecule has 0 spiro atoms. The molecule has 8 unspecified atom stereocenters. The van der Waals surface area contributed by atoms with Crippen molar-refractivity contribution in [2.45, 2.75) is 139 Å². The van der Waals surface area contributed by atoms with Gasteiger partial charge in [0.2, 0.25) is 0 Å². The fourth-order valence-corrected chi connectivity index (χ4v) is 4.26. The first-order valence-electron chi connectivity index (χ1n) is 15.0. The van der Waals surface area contributed by atoms with Gasteiger partial charge in [0.1, 0.15) is 48.8 Å². The molecule has 242 valence electrons. The van der Waals surface area contributed by atoms with Gasteiger partial charge in [-0.3, -0.25) is 0 Å². The molecule has 0 aromatic heterocycles. The first-order chi connectivity index (χ1) is 19.2. The Bertz CT molecular complexity index is 497. The van der Waals surface area contributed by atoms with Gasteiger partial charge < -0.3 is 60.5 Å². The molecular formula is C28H58O12. The van der Waals surface area contributed by atoms with E-state index in [1.54, 1.807) is 0 Å². The van der Waals surface area contributed by atoms with Crippen LogP contribution < -0.4 is 0 Å². The molecule has 0 fully saturated rings. The molecule has 12 nitrogen and oxygen atoms in total. The van der Waals surface area contributed by atoms with Crippen molar-refractivity contribution in [3.63, 3.8) is 0 Å². The first kappa shape index (κ1) is 39.5. The Balaban J connectivity index is 3.40. The van der Waals surface area contributed by atoms with Crippen molar-refractivity contribution in [2.24, 2.45) is 0 Å². The Hall–Kier alpha value is -0.480. The lowest BCUT2D eigenvalue weighted by Crippen LogP contribution is -2.47. The van der Waals surface area contributed by atoms with Gasteiger partial charge in [-0.05, 0) is 12.8 Å². The molecule has 0 radical (unpaired) electrons. The van der Waals surface area contributed by atoms with Crippen molar-refractivity contribution < 1.29 is 60.5 Å². The van der Waals surface area contributed by atoms with E-state index in [0.29, 0.717) is 13.2 Å². The van der Waals surface area contributed by atoms with Crippen LogP contribution in [0.2, 0.25) is 0 Å². The molecule has 12 heteroatoms. The summed E-state index contributed by atoms with van der Waals surface area (Å²) in [4.78, 5) is 0. The van der Waals surface area contributed by atoms with Crippen molar-refractivity contribution in [2.75, 3.05) is 39.6 Å². The second kappa shape index (κ2) is 26.2. The van der Waals surface area contributed by atoms with Gasteiger partial charge in [0.15, 0.2) is 0 Å². The van der Waals surface area contributed by atoms with E-state index >= 15 is 0 Å². The Labute approximate surface area is 239 Å². The van der Waals surface area contributed by atoms with Crippen molar-refractivity contribution in [3.05, 3.63) is 0 Å². The van der Waals surface area contributed by atoms with E-state index in [0.717, 1.165) is 38.5 Å². The molecule has 40 heavy (non-hydrogen) atoms. The number of ether oxygens (including phenoxy) is 2. The summed E-state index contributed by atoms with van der Waals surface area (Å²) in [6.45, 7) is -0.798. The standard InChI is InChI=1S/C28H58O12/c29-17-21(31)25(35)27(37)23(33)19-39-15-13-11-9-7-5-3-1-2-4-6-8-10-12-14-16-40-20-24(34)28(38)26(36)22(32)18-30/h21-38H,1-20H2. The summed E-state index contributed by atoms with van der Waals surface area (Å²) >= 11 is 0. The van der Waals surface area contributed by atoms with Crippen LogP contribution in [-0.4, -0.2) is 140 Å². The van der Waals surface area contributed by atoms with Crippen molar-refractivity contribution in [1.82, 2.24) is 0 Å². The van der Waals surface area contributed by atoms with Crippen LogP contribution >= 0.6 is 0 Å². The number of hydrogen-bond donors (Lipinski definition) is 10. The highest BCUT2D eigenvalue weighted by Gasteiger charge is 2.30. The molecule has 0 saturated heterocycles. The molecule has 8 atom stereocenters. The van der Waals surface area contributed by atoms with Gasteiger partial charge in [-0.2, -0.15) is 0 Å². The van der Waals surface area contributed by atoms with Crippen molar-refractivity contribution in [3.8, 4) is 0 Å². The van der Waals surface area contributed by atoms with Gasteiger partial charge in [-0.15, -0.1) is 0 Å². The molecule has 0 amide bonds. The predicted octanol–water partition coefficient (Wildman–Crippen LogP) is -0.647. The van der Waals surface area contributed by atoms with E-state index in [-0.39, 0.29) is 13.2 Å². The third kappa shape index (κ3) is 19.6. The highest BCUT2D eigenvalue weighted by molar-refractivity contribution is 4.81. The molecule has 0 aliphatic rings. The SMILES string of the molecule is OCC(O)C(O)C(O)C(O)COCCCCCCCCCCCCCCCCOCC(O)C(O)C(O)C(O)CO. The zero-order valence-electron chi connectivity index (χ0n) is 24.0. The largest absolute Gasteiger partial charge is 0.394 e. The lowest BCUT2D eigenvalue weighted by molar-refractivity contribution is -0.129. The Morgan fingerprint density at radius 2 is 0.550 bits per heavy atom. The van der Waals surface area contributed by atoms with E-state index in [2.05, 4.69) is 0 Å². The molecule has 0 heterocycles. The minimum Gasteiger partial charge on any atom is -0.394 e. The fourth-order valence-electron chi connectivity index (χ4n) is 4.26. The maximum Gasteiger partial charge on any atom is 0.111 e. The third-order valence-corrected chi connectivity index (χ3v) is 7.06. The number of hydrogen-bond acceptors (Lipinski definition) is 12. The van der Waals surface area contributed by atoms with Gasteiger partial charge in [0.25, 0.3) is 0 Å². The second-order valence-electron chi connectivity index (χ2n) is 10.7. The summed E-state index contributed by atoms with van der Waals surface area (Å²) < 4.78 is 10.7. The van der Waals surface area contributed by atoms with Crippen LogP contribution in [0.4, 0.5) is 0 Å². The Morgan fingerprint density at radius 1 is 0.325 bits per heavy atom. The van der Waals surface area contributed by atoms with Gasteiger partial charge in [0, 0.05) is 13.2 Å². The molecule has 0 bridgehead atoms. The Morgan fingerprint density at radius 3 is 0.800 bits per heavy atom. The lowest BCUT2D eigenvalue weighted by Gasteiger charge is -2.25. The van der Waals surface area contributed by atoms with Crippen LogP contribution in [0, 0.1) is 0 Å². The topological polar surface area (TPSA) is 221 Å². The lowest BCUT2D eigenvalue weighted by atomic mass is 10.0. The molecular weight excluding hydrogens is 528 g/mol. The number of unbranched alkanes of at least 4 members (excludes halogenated alkanes) is 13. The molecule has 0 saturated carbocycles. The fraction of sp³-hybridized carbons (Fsp3) is 1.00. The average molecular weight is 587 g/mol. The third-order valence-electron chi connectivity index (χ3n) is 7.06. The van der Waals surface area contributed by atoms with Crippen LogP contribution in [0.3, 0.4) is 0 Å². The minimum atomic E-state index is -1.63. The van der Waals surface area contributed by atoms with Crippen molar-refractivity contribution >= 4 is 0 Å².